The van der Waals surface area contributed by atoms with Crippen molar-refractivity contribution in [1.82, 2.24) is 5.32 Å². The predicted octanol–water partition coefficient (Wildman–Crippen LogP) is 2.27. The van der Waals surface area contributed by atoms with Crippen molar-refractivity contribution >= 4 is 17.5 Å². The second-order valence-electron chi connectivity index (χ2n) is 6.03. The first-order valence-electron chi connectivity index (χ1n) is 7.87. The molecule has 0 bridgehead atoms. The molecule has 3 rings (SSSR count). The van der Waals surface area contributed by atoms with E-state index in [2.05, 4.69) is 11.4 Å². The molecular formula is C17H22N2O2. The maximum absolute atomic E-state index is 12.9. The Bertz CT molecular complexity index is 564. The average molecular weight is 286 g/mol. The minimum Gasteiger partial charge on any atom is -0.355 e. The molecule has 112 valence electrons. The summed E-state index contributed by atoms with van der Waals surface area (Å²) in [5, 5.41) is 2.89. The number of hydrogen-bond donors (Lipinski definition) is 1. The van der Waals surface area contributed by atoms with Crippen LogP contribution in [0.15, 0.2) is 24.3 Å². The molecule has 2 aliphatic rings. The van der Waals surface area contributed by atoms with Gasteiger partial charge in [-0.25, -0.2) is 0 Å². The monoisotopic (exact) mass is 286 g/mol. The number of carbonyl (C=O) groups excluding carboxylic acids is 2. The van der Waals surface area contributed by atoms with Gasteiger partial charge in [0.15, 0.2) is 0 Å². The Hall–Kier alpha value is -1.84. The molecule has 0 saturated heterocycles. The highest BCUT2D eigenvalue weighted by Gasteiger charge is 2.58. The van der Waals surface area contributed by atoms with E-state index in [9.17, 15) is 9.59 Å². The lowest BCUT2D eigenvalue weighted by Gasteiger charge is -2.32. The number of para-hydroxylation sites is 1. The highest BCUT2D eigenvalue weighted by atomic mass is 16.2. The first-order chi connectivity index (χ1) is 10.2. The summed E-state index contributed by atoms with van der Waals surface area (Å²) in [6.45, 7) is 3.38. The minimum atomic E-state index is -0.792. The van der Waals surface area contributed by atoms with Crippen LogP contribution < -0.4 is 10.2 Å². The van der Waals surface area contributed by atoms with Crippen LogP contribution in [-0.2, 0) is 16.0 Å². The number of carbonyl (C=O) groups is 2. The third-order valence-corrected chi connectivity index (χ3v) is 4.48. The fraction of sp³-hybridized carbons (Fsp3) is 0.529. The molecule has 1 heterocycles. The quantitative estimate of drug-likeness (QED) is 0.863. The molecule has 4 nitrogen and oxygen atoms in total. The van der Waals surface area contributed by atoms with Crippen molar-refractivity contribution in [3.63, 3.8) is 0 Å². The van der Waals surface area contributed by atoms with Gasteiger partial charge in [-0.2, -0.15) is 0 Å². The van der Waals surface area contributed by atoms with Crippen molar-refractivity contribution in [2.45, 2.75) is 39.0 Å². The third kappa shape index (κ3) is 2.43. The van der Waals surface area contributed by atoms with E-state index in [1.165, 1.54) is 5.56 Å². The number of nitrogens with one attached hydrogen (secondary N) is 1. The molecular weight excluding hydrogens is 264 g/mol. The smallest absolute Gasteiger partial charge is 0.242 e. The van der Waals surface area contributed by atoms with E-state index in [4.69, 9.17) is 0 Å². The molecule has 2 amide bonds. The van der Waals surface area contributed by atoms with Gasteiger partial charge in [-0.1, -0.05) is 25.1 Å². The molecule has 1 fully saturated rings. The van der Waals surface area contributed by atoms with E-state index in [0.29, 0.717) is 19.4 Å². The van der Waals surface area contributed by atoms with Crippen LogP contribution in [-0.4, -0.2) is 24.9 Å². The van der Waals surface area contributed by atoms with Gasteiger partial charge in [-0.3, -0.25) is 9.59 Å². The molecule has 21 heavy (non-hydrogen) atoms. The maximum atomic E-state index is 12.9. The predicted molar refractivity (Wildman–Crippen MR) is 82.1 cm³/mol. The van der Waals surface area contributed by atoms with Gasteiger partial charge in [-0.05, 0) is 43.7 Å². The molecule has 0 spiro atoms. The lowest BCUT2D eigenvalue weighted by atomic mass is 9.97. The molecule has 1 aliphatic carbocycles. The molecule has 0 aromatic heterocycles. The highest BCUT2D eigenvalue weighted by Crippen LogP contribution is 2.48. The largest absolute Gasteiger partial charge is 0.355 e. The van der Waals surface area contributed by atoms with Crippen LogP contribution in [0.5, 0.6) is 0 Å². The number of rotatable bonds is 4. The van der Waals surface area contributed by atoms with Crippen LogP contribution >= 0.6 is 0 Å². The van der Waals surface area contributed by atoms with Crippen LogP contribution in [0.2, 0.25) is 0 Å². The SMILES string of the molecule is CCCNC(=O)C1(C(=O)N2CCCc3ccccc32)CC1. The van der Waals surface area contributed by atoms with Crippen molar-refractivity contribution in [3.8, 4) is 0 Å². The Labute approximate surface area is 125 Å². The van der Waals surface area contributed by atoms with Crippen molar-refractivity contribution < 1.29 is 9.59 Å². The molecule has 1 aromatic rings. The number of benzene rings is 1. The summed E-state index contributed by atoms with van der Waals surface area (Å²) in [7, 11) is 0. The zero-order valence-corrected chi connectivity index (χ0v) is 12.5. The van der Waals surface area contributed by atoms with Crippen molar-refractivity contribution in [1.29, 1.82) is 0 Å². The van der Waals surface area contributed by atoms with Gasteiger partial charge in [0.1, 0.15) is 5.41 Å². The molecule has 1 N–H and O–H groups in total. The maximum Gasteiger partial charge on any atom is 0.242 e. The van der Waals surface area contributed by atoms with E-state index in [1.807, 2.05) is 30.0 Å². The molecule has 0 atom stereocenters. The van der Waals surface area contributed by atoms with Crippen molar-refractivity contribution in [2.24, 2.45) is 5.41 Å². The number of anilines is 1. The van der Waals surface area contributed by atoms with Crippen LogP contribution in [0.25, 0.3) is 0 Å². The van der Waals surface area contributed by atoms with Crippen molar-refractivity contribution in [2.75, 3.05) is 18.0 Å². The van der Waals surface area contributed by atoms with E-state index >= 15 is 0 Å². The number of aryl methyl sites for hydroxylation is 1. The summed E-state index contributed by atoms with van der Waals surface area (Å²) in [5.74, 6) is -0.0966. The standard InChI is InChI=1S/C17H22N2O2/c1-2-11-18-15(20)17(9-10-17)16(21)19-12-5-7-13-6-3-4-8-14(13)19/h3-4,6,8H,2,5,7,9-12H2,1H3,(H,18,20). The Morgan fingerprint density at radius 1 is 1.29 bits per heavy atom. The highest BCUT2D eigenvalue weighted by molar-refractivity contribution is 6.14. The van der Waals surface area contributed by atoms with E-state index in [-0.39, 0.29) is 11.8 Å². The van der Waals surface area contributed by atoms with Gasteiger partial charge < -0.3 is 10.2 Å². The van der Waals surface area contributed by atoms with Gasteiger partial charge in [0.2, 0.25) is 11.8 Å². The normalized spacial score (nSPS) is 18.8. The van der Waals surface area contributed by atoms with Gasteiger partial charge in [0, 0.05) is 18.8 Å². The van der Waals surface area contributed by atoms with Crippen LogP contribution in [0, 0.1) is 5.41 Å². The third-order valence-electron chi connectivity index (χ3n) is 4.48. The summed E-state index contributed by atoms with van der Waals surface area (Å²) in [5.41, 5.74) is 1.41. The first kappa shape index (κ1) is 14.1. The Morgan fingerprint density at radius 3 is 2.76 bits per heavy atom. The zero-order chi connectivity index (χ0) is 14.9. The van der Waals surface area contributed by atoms with Gasteiger partial charge in [0.05, 0.1) is 0 Å². The van der Waals surface area contributed by atoms with E-state index < -0.39 is 5.41 Å². The van der Waals surface area contributed by atoms with Crippen molar-refractivity contribution in [3.05, 3.63) is 29.8 Å². The topological polar surface area (TPSA) is 49.4 Å². The minimum absolute atomic E-state index is 0.0109. The van der Waals surface area contributed by atoms with Crippen LogP contribution in [0.1, 0.15) is 38.2 Å². The summed E-state index contributed by atoms with van der Waals surface area (Å²) in [6.07, 6.45) is 4.23. The van der Waals surface area contributed by atoms with Gasteiger partial charge >= 0.3 is 0 Å². The second kappa shape index (κ2) is 5.51. The van der Waals surface area contributed by atoms with Crippen LogP contribution in [0.3, 0.4) is 0 Å². The van der Waals surface area contributed by atoms with E-state index in [0.717, 1.165) is 31.5 Å². The number of fused-ring (bicyclic) bond motifs is 1. The molecule has 0 unspecified atom stereocenters. The molecule has 1 aromatic carbocycles. The Balaban J connectivity index is 1.82. The molecule has 4 heteroatoms. The average Bonchev–Trinajstić information content (AvgIpc) is 3.33. The fourth-order valence-corrected chi connectivity index (χ4v) is 3.07. The summed E-state index contributed by atoms with van der Waals surface area (Å²) >= 11 is 0. The Morgan fingerprint density at radius 2 is 2.05 bits per heavy atom. The number of nitrogens with zero attached hydrogens (tertiary/aromatic N) is 1. The summed E-state index contributed by atoms with van der Waals surface area (Å²) in [6, 6.07) is 8.03. The number of amides is 2. The van der Waals surface area contributed by atoms with E-state index in [1.54, 1.807) is 0 Å². The second-order valence-corrected chi connectivity index (χ2v) is 6.03. The molecule has 0 radical (unpaired) electrons. The van der Waals surface area contributed by atoms with Gasteiger partial charge in [-0.15, -0.1) is 0 Å². The first-order valence-corrected chi connectivity index (χ1v) is 7.87. The summed E-state index contributed by atoms with van der Waals surface area (Å²) in [4.78, 5) is 27.1. The molecule has 1 saturated carbocycles. The van der Waals surface area contributed by atoms with Gasteiger partial charge in [0.25, 0.3) is 0 Å². The lowest BCUT2D eigenvalue weighted by Crippen LogP contribution is -2.47. The lowest BCUT2D eigenvalue weighted by molar-refractivity contribution is -0.135. The summed E-state index contributed by atoms with van der Waals surface area (Å²) < 4.78 is 0. The van der Waals surface area contributed by atoms with Crippen LogP contribution in [0.4, 0.5) is 5.69 Å². The Kier molecular flexibility index (Phi) is 3.70. The molecule has 1 aliphatic heterocycles. The number of hydrogen-bond acceptors (Lipinski definition) is 2. The zero-order valence-electron chi connectivity index (χ0n) is 12.5. The fourth-order valence-electron chi connectivity index (χ4n) is 3.07.